The number of halogens is 1. The van der Waals surface area contributed by atoms with E-state index in [1.165, 1.54) is 12.1 Å². The number of pyridine rings is 1. The maximum absolute atomic E-state index is 10.8. The van der Waals surface area contributed by atoms with E-state index < -0.39 is 5.97 Å². The van der Waals surface area contributed by atoms with E-state index in [4.69, 9.17) is 16.7 Å². The smallest absolute Gasteiger partial charge is 0.335 e. The lowest BCUT2D eigenvalue weighted by molar-refractivity contribution is 0.0697. The number of hydrogen-bond donors (Lipinski definition) is 2. The first-order valence-corrected chi connectivity index (χ1v) is 7.18. The maximum atomic E-state index is 10.8. The molecule has 0 atom stereocenters. The van der Waals surface area contributed by atoms with Crippen LogP contribution in [-0.4, -0.2) is 22.3 Å². The van der Waals surface area contributed by atoms with Crippen LogP contribution in [0.15, 0.2) is 59.8 Å². The van der Waals surface area contributed by atoms with Gasteiger partial charge in [0.1, 0.15) is 0 Å². The molecule has 0 spiro atoms. The summed E-state index contributed by atoms with van der Waals surface area (Å²) in [5, 5.41) is 14.6. The molecule has 3 rings (SSSR count). The highest BCUT2D eigenvalue weighted by Gasteiger charge is 2.02. The summed E-state index contributed by atoms with van der Waals surface area (Å²) >= 11 is 5.96. The number of benzene rings is 2. The first-order chi connectivity index (χ1) is 11.1. The molecule has 0 radical (unpaired) electrons. The number of fused-ring (bicyclic) bond motifs is 1. The molecule has 1 heterocycles. The fraction of sp³-hybridized carbons (Fsp3) is 0. The van der Waals surface area contributed by atoms with Gasteiger partial charge in [-0.3, -0.25) is 10.4 Å². The van der Waals surface area contributed by atoms with Crippen molar-refractivity contribution >= 4 is 40.4 Å². The van der Waals surface area contributed by atoms with E-state index in [1.54, 1.807) is 36.7 Å². The van der Waals surface area contributed by atoms with Crippen LogP contribution in [0.25, 0.3) is 10.9 Å². The van der Waals surface area contributed by atoms with Crippen molar-refractivity contribution in [2.75, 3.05) is 5.43 Å². The largest absolute Gasteiger partial charge is 0.478 e. The van der Waals surface area contributed by atoms with Crippen molar-refractivity contribution in [1.29, 1.82) is 0 Å². The van der Waals surface area contributed by atoms with Crippen molar-refractivity contribution in [1.82, 2.24) is 4.98 Å². The molecule has 2 N–H and O–H groups in total. The lowest BCUT2D eigenvalue weighted by Crippen LogP contribution is -1.96. The molecular weight excluding hydrogens is 314 g/mol. The van der Waals surface area contributed by atoms with Gasteiger partial charge in [-0.05, 0) is 42.0 Å². The van der Waals surface area contributed by atoms with Gasteiger partial charge in [0.05, 0.1) is 23.0 Å². The van der Waals surface area contributed by atoms with E-state index in [9.17, 15) is 4.79 Å². The quantitative estimate of drug-likeness (QED) is 0.561. The maximum Gasteiger partial charge on any atom is 0.335 e. The zero-order valence-corrected chi connectivity index (χ0v) is 12.7. The van der Waals surface area contributed by atoms with Gasteiger partial charge in [0.15, 0.2) is 0 Å². The topological polar surface area (TPSA) is 74.6 Å². The van der Waals surface area contributed by atoms with Crippen LogP contribution >= 0.6 is 11.6 Å². The fourth-order valence-electron chi connectivity index (χ4n) is 2.11. The normalized spacial score (nSPS) is 11.0. The van der Waals surface area contributed by atoms with Gasteiger partial charge in [0.2, 0.25) is 0 Å². The fourth-order valence-corrected chi connectivity index (χ4v) is 2.27. The minimum Gasteiger partial charge on any atom is -0.478 e. The molecule has 6 heteroatoms. The van der Waals surface area contributed by atoms with E-state index >= 15 is 0 Å². The Kier molecular flexibility index (Phi) is 4.21. The highest BCUT2D eigenvalue weighted by Crippen LogP contribution is 2.24. The molecule has 5 nitrogen and oxygen atoms in total. The third kappa shape index (κ3) is 3.46. The van der Waals surface area contributed by atoms with Crippen LogP contribution in [0.3, 0.4) is 0 Å². The van der Waals surface area contributed by atoms with Crippen LogP contribution in [0.1, 0.15) is 15.9 Å². The average molecular weight is 326 g/mol. The number of nitrogens with one attached hydrogen (secondary N) is 1. The molecule has 23 heavy (non-hydrogen) atoms. The molecule has 0 aliphatic heterocycles. The van der Waals surface area contributed by atoms with E-state index in [2.05, 4.69) is 15.5 Å². The monoisotopic (exact) mass is 325 g/mol. The molecular formula is C17H12ClN3O2. The van der Waals surface area contributed by atoms with E-state index in [-0.39, 0.29) is 5.56 Å². The molecule has 0 fully saturated rings. The van der Waals surface area contributed by atoms with Crippen LogP contribution < -0.4 is 5.43 Å². The third-order valence-corrected chi connectivity index (χ3v) is 3.50. The number of aromatic nitrogens is 1. The molecule has 1 aromatic heterocycles. The number of carbonyl (C=O) groups is 1. The van der Waals surface area contributed by atoms with Gasteiger partial charge in [-0.2, -0.15) is 5.10 Å². The number of rotatable bonds is 4. The summed E-state index contributed by atoms with van der Waals surface area (Å²) in [6.07, 6.45) is 3.30. The number of aromatic carboxylic acids is 1. The highest BCUT2D eigenvalue weighted by molar-refractivity contribution is 6.31. The third-order valence-electron chi connectivity index (χ3n) is 3.26. The van der Waals surface area contributed by atoms with Crippen LogP contribution in [0.4, 0.5) is 5.69 Å². The molecule has 0 saturated heterocycles. The predicted molar refractivity (Wildman–Crippen MR) is 91.4 cm³/mol. The summed E-state index contributed by atoms with van der Waals surface area (Å²) in [5.41, 5.74) is 5.59. The van der Waals surface area contributed by atoms with Crippen molar-refractivity contribution in [2.24, 2.45) is 5.10 Å². The number of carboxylic acid groups (broad SMARTS) is 1. The van der Waals surface area contributed by atoms with Crippen molar-refractivity contribution in [3.8, 4) is 0 Å². The molecule has 0 saturated carbocycles. The summed E-state index contributed by atoms with van der Waals surface area (Å²) in [5.74, 6) is -0.950. The number of carboxylic acids is 1. The first-order valence-electron chi connectivity index (χ1n) is 6.80. The number of hydrazone groups is 1. The van der Waals surface area contributed by atoms with Gasteiger partial charge in [0.25, 0.3) is 0 Å². The number of hydrogen-bond acceptors (Lipinski definition) is 4. The van der Waals surface area contributed by atoms with Gasteiger partial charge in [-0.25, -0.2) is 4.79 Å². The molecule has 0 unspecified atom stereocenters. The first kappa shape index (κ1) is 15.0. The number of nitrogens with zero attached hydrogens (tertiary/aromatic N) is 2. The molecule has 2 aromatic carbocycles. The van der Waals surface area contributed by atoms with Crippen LogP contribution in [0.2, 0.25) is 5.02 Å². The summed E-state index contributed by atoms with van der Waals surface area (Å²) < 4.78 is 0. The summed E-state index contributed by atoms with van der Waals surface area (Å²) in [4.78, 5) is 15.1. The van der Waals surface area contributed by atoms with Crippen molar-refractivity contribution in [2.45, 2.75) is 0 Å². The Morgan fingerprint density at radius 3 is 2.70 bits per heavy atom. The van der Waals surface area contributed by atoms with Gasteiger partial charge < -0.3 is 5.11 Å². The van der Waals surface area contributed by atoms with Crippen LogP contribution in [0.5, 0.6) is 0 Å². The molecule has 0 aliphatic carbocycles. The van der Waals surface area contributed by atoms with Gasteiger partial charge in [0, 0.05) is 16.6 Å². The Morgan fingerprint density at radius 1 is 1.17 bits per heavy atom. The lowest BCUT2D eigenvalue weighted by Gasteiger charge is -2.05. The van der Waals surface area contributed by atoms with Crippen molar-refractivity contribution in [3.05, 3.63) is 70.9 Å². The molecule has 0 bridgehead atoms. The Labute approximate surface area is 137 Å². The predicted octanol–water partition coefficient (Wildman–Crippen LogP) is 4.03. The Balaban J connectivity index is 1.79. The van der Waals surface area contributed by atoms with Gasteiger partial charge in [-0.15, -0.1) is 0 Å². The second-order valence-electron chi connectivity index (χ2n) is 4.82. The van der Waals surface area contributed by atoms with Crippen molar-refractivity contribution < 1.29 is 9.90 Å². The number of anilines is 1. The molecule has 3 aromatic rings. The summed E-state index contributed by atoms with van der Waals surface area (Å²) in [6.45, 7) is 0. The molecule has 0 aliphatic rings. The Morgan fingerprint density at radius 2 is 1.96 bits per heavy atom. The zero-order valence-electron chi connectivity index (χ0n) is 11.9. The summed E-state index contributed by atoms with van der Waals surface area (Å²) in [6, 6.07) is 13.7. The zero-order chi connectivity index (χ0) is 16.2. The van der Waals surface area contributed by atoms with E-state index in [0.717, 1.165) is 22.2 Å². The Hall–Kier alpha value is -2.92. The SMILES string of the molecule is O=C(O)c1ccc(C=NNc2ccnc3cc(Cl)ccc23)cc1. The lowest BCUT2D eigenvalue weighted by atomic mass is 10.1. The standard InChI is InChI=1S/C17H12ClN3O2/c18-13-5-6-14-15(7-8-19-16(14)9-13)21-20-10-11-1-3-12(4-2-11)17(22)23/h1-10H,(H,19,21)(H,22,23). The minimum atomic E-state index is -0.950. The van der Waals surface area contributed by atoms with E-state index in [0.29, 0.717) is 5.02 Å². The van der Waals surface area contributed by atoms with Gasteiger partial charge >= 0.3 is 5.97 Å². The Bertz CT molecular complexity index is 892. The summed E-state index contributed by atoms with van der Waals surface area (Å²) in [7, 11) is 0. The van der Waals surface area contributed by atoms with E-state index in [1.807, 2.05) is 12.1 Å². The van der Waals surface area contributed by atoms with Crippen LogP contribution in [-0.2, 0) is 0 Å². The molecule has 114 valence electrons. The van der Waals surface area contributed by atoms with Crippen LogP contribution in [0, 0.1) is 0 Å². The highest BCUT2D eigenvalue weighted by atomic mass is 35.5. The van der Waals surface area contributed by atoms with Crippen molar-refractivity contribution in [3.63, 3.8) is 0 Å². The minimum absolute atomic E-state index is 0.243. The average Bonchev–Trinajstić information content (AvgIpc) is 2.55. The molecule has 0 amide bonds. The second-order valence-corrected chi connectivity index (χ2v) is 5.25. The van der Waals surface area contributed by atoms with Gasteiger partial charge in [-0.1, -0.05) is 23.7 Å². The second kappa shape index (κ2) is 6.46.